The van der Waals surface area contributed by atoms with Gasteiger partial charge in [0, 0.05) is 17.2 Å². The van der Waals surface area contributed by atoms with Crippen LogP contribution in [0.4, 0.5) is 4.79 Å². The fourth-order valence-corrected chi connectivity index (χ4v) is 1.39. The van der Waals surface area contributed by atoms with E-state index in [9.17, 15) is 9.59 Å². The van der Waals surface area contributed by atoms with Crippen LogP contribution in [0.3, 0.4) is 0 Å². The molecule has 0 aromatic heterocycles. The van der Waals surface area contributed by atoms with Crippen molar-refractivity contribution < 1.29 is 14.7 Å². The molecule has 0 unspecified atom stereocenters. The van der Waals surface area contributed by atoms with Gasteiger partial charge in [0.25, 0.3) is 0 Å². The Kier molecular flexibility index (Phi) is 5.93. The monoisotopic (exact) mass is 312 g/mol. The van der Waals surface area contributed by atoms with E-state index < -0.39 is 12.0 Å². The molecule has 5 nitrogen and oxygen atoms in total. The largest absolute Gasteiger partial charge is 0.481 e. The number of carboxylic acids is 1. The lowest BCUT2D eigenvalue weighted by molar-refractivity contribution is -0.136. The maximum Gasteiger partial charge on any atom is 0.318 e. The summed E-state index contributed by atoms with van der Waals surface area (Å²) in [5.74, 6) is -0.944. The van der Waals surface area contributed by atoms with Gasteiger partial charge in [-0.05, 0) is 23.8 Å². The summed E-state index contributed by atoms with van der Waals surface area (Å²) in [6, 6.07) is 7.15. The molecule has 0 aliphatic rings. The quantitative estimate of drug-likeness (QED) is 0.780. The lowest BCUT2D eigenvalue weighted by Crippen LogP contribution is -2.33. The number of halogens is 1. The van der Waals surface area contributed by atoms with Crippen LogP contribution in [0.5, 0.6) is 0 Å². The summed E-state index contributed by atoms with van der Waals surface area (Å²) in [4.78, 5) is 21.4. The van der Waals surface area contributed by atoms with Gasteiger partial charge in [-0.25, -0.2) is 4.79 Å². The average molecular weight is 313 g/mol. The molecule has 6 heteroatoms. The van der Waals surface area contributed by atoms with Crippen molar-refractivity contribution in [1.29, 1.82) is 0 Å². The molecule has 0 heterocycles. The van der Waals surface area contributed by atoms with Crippen LogP contribution >= 0.6 is 15.9 Å². The molecule has 0 saturated heterocycles. The standard InChI is InChI=1S/C12H13BrN2O3/c13-10-3-1-9(2-4-10)5-7-14-12(18)15-8-6-11(16)17/h1-5,7H,6,8H2,(H,16,17)(H2,14,15,18)/b7-5+. The van der Waals surface area contributed by atoms with Crippen molar-refractivity contribution in [3.63, 3.8) is 0 Å². The number of hydrogen-bond acceptors (Lipinski definition) is 2. The molecule has 0 radical (unpaired) electrons. The highest BCUT2D eigenvalue weighted by molar-refractivity contribution is 9.10. The zero-order valence-electron chi connectivity index (χ0n) is 9.52. The smallest absolute Gasteiger partial charge is 0.318 e. The summed E-state index contributed by atoms with van der Waals surface area (Å²) in [6.07, 6.45) is 3.15. The molecule has 0 atom stereocenters. The topological polar surface area (TPSA) is 78.4 Å². The third-order valence-electron chi connectivity index (χ3n) is 1.98. The predicted molar refractivity (Wildman–Crippen MR) is 72.0 cm³/mol. The van der Waals surface area contributed by atoms with E-state index in [1.165, 1.54) is 6.20 Å². The Morgan fingerprint density at radius 2 is 1.94 bits per heavy atom. The van der Waals surface area contributed by atoms with Crippen molar-refractivity contribution in [2.75, 3.05) is 6.54 Å². The normalized spacial score (nSPS) is 10.3. The van der Waals surface area contributed by atoms with Crippen LogP contribution in [0.25, 0.3) is 6.08 Å². The number of carbonyl (C=O) groups is 2. The zero-order valence-corrected chi connectivity index (χ0v) is 11.1. The van der Waals surface area contributed by atoms with Gasteiger partial charge in [0.1, 0.15) is 0 Å². The zero-order chi connectivity index (χ0) is 13.4. The van der Waals surface area contributed by atoms with Gasteiger partial charge >= 0.3 is 12.0 Å². The summed E-state index contributed by atoms with van der Waals surface area (Å²) < 4.78 is 0.985. The molecule has 0 saturated carbocycles. The second-order valence-corrected chi connectivity index (χ2v) is 4.34. The Morgan fingerprint density at radius 1 is 1.28 bits per heavy atom. The van der Waals surface area contributed by atoms with E-state index in [-0.39, 0.29) is 13.0 Å². The third kappa shape index (κ3) is 6.05. The molecule has 0 fully saturated rings. The van der Waals surface area contributed by atoms with Gasteiger partial charge in [-0.3, -0.25) is 4.79 Å². The van der Waals surface area contributed by atoms with E-state index in [4.69, 9.17) is 5.11 Å². The number of nitrogens with one attached hydrogen (secondary N) is 2. The molecule has 1 rings (SSSR count). The van der Waals surface area contributed by atoms with Crippen LogP contribution < -0.4 is 10.6 Å². The first-order chi connectivity index (χ1) is 8.58. The number of amides is 2. The van der Waals surface area contributed by atoms with Gasteiger partial charge in [-0.15, -0.1) is 0 Å². The van der Waals surface area contributed by atoms with Gasteiger partial charge in [-0.1, -0.05) is 28.1 Å². The number of carboxylic acid groups (broad SMARTS) is 1. The first kappa shape index (κ1) is 14.2. The van der Waals surface area contributed by atoms with Crippen molar-refractivity contribution in [1.82, 2.24) is 10.6 Å². The highest BCUT2D eigenvalue weighted by Crippen LogP contribution is 2.10. The minimum Gasteiger partial charge on any atom is -0.481 e. The maximum atomic E-state index is 11.2. The minimum absolute atomic E-state index is 0.0934. The van der Waals surface area contributed by atoms with Crippen molar-refractivity contribution in [3.8, 4) is 0 Å². The second-order valence-electron chi connectivity index (χ2n) is 3.43. The lowest BCUT2D eigenvalue weighted by atomic mass is 10.2. The van der Waals surface area contributed by atoms with Crippen molar-refractivity contribution in [2.24, 2.45) is 0 Å². The SMILES string of the molecule is O=C(O)CCNC(=O)N/C=C/c1ccc(Br)cc1. The number of rotatable bonds is 5. The first-order valence-electron chi connectivity index (χ1n) is 5.26. The molecular weight excluding hydrogens is 300 g/mol. The molecule has 0 aliphatic heterocycles. The van der Waals surface area contributed by atoms with Crippen LogP contribution in [0.1, 0.15) is 12.0 Å². The van der Waals surface area contributed by atoms with Crippen molar-refractivity contribution in [2.45, 2.75) is 6.42 Å². The summed E-state index contributed by atoms with van der Waals surface area (Å²) in [7, 11) is 0. The Bertz CT molecular complexity index is 443. The summed E-state index contributed by atoms with van der Waals surface area (Å²) in [6.45, 7) is 0.104. The average Bonchev–Trinajstić information content (AvgIpc) is 2.31. The van der Waals surface area contributed by atoms with Crippen molar-refractivity contribution >= 4 is 34.0 Å². The summed E-state index contributed by atoms with van der Waals surface area (Å²) in [5, 5.41) is 13.3. The van der Waals surface area contributed by atoms with E-state index in [0.717, 1.165) is 10.0 Å². The van der Waals surface area contributed by atoms with Gasteiger partial charge in [-0.2, -0.15) is 0 Å². The van der Waals surface area contributed by atoms with Crippen LogP contribution in [-0.4, -0.2) is 23.7 Å². The number of aliphatic carboxylic acids is 1. The molecule has 0 spiro atoms. The molecular formula is C12H13BrN2O3. The minimum atomic E-state index is -0.944. The van der Waals surface area contributed by atoms with Gasteiger partial charge < -0.3 is 15.7 Å². The molecule has 18 heavy (non-hydrogen) atoms. The van der Waals surface area contributed by atoms with Gasteiger partial charge in [0.2, 0.25) is 0 Å². The number of benzene rings is 1. The van der Waals surface area contributed by atoms with Gasteiger partial charge in [0.15, 0.2) is 0 Å². The van der Waals surface area contributed by atoms with E-state index in [2.05, 4.69) is 26.6 Å². The Hall–Kier alpha value is -1.82. The Morgan fingerprint density at radius 3 is 2.56 bits per heavy atom. The highest BCUT2D eigenvalue weighted by Gasteiger charge is 1.99. The molecule has 2 amide bonds. The highest BCUT2D eigenvalue weighted by atomic mass is 79.9. The van der Waals surface area contributed by atoms with E-state index >= 15 is 0 Å². The van der Waals surface area contributed by atoms with Crippen LogP contribution in [0, 0.1) is 0 Å². The molecule has 96 valence electrons. The van der Waals surface area contributed by atoms with Gasteiger partial charge in [0.05, 0.1) is 6.42 Å². The third-order valence-corrected chi connectivity index (χ3v) is 2.51. The van der Waals surface area contributed by atoms with E-state index in [0.29, 0.717) is 0 Å². The Labute approximate surface area is 113 Å². The molecule has 1 aromatic carbocycles. The molecule has 0 bridgehead atoms. The molecule has 1 aromatic rings. The predicted octanol–water partition coefficient (Wildman–Crippen LogP) is 2.19. The fourth-order valence-electron chi connectivity index (χ4n) is 1.12. The molecule has 0 aliphatic carbocycles. The first-order valence-corrected chi connectivity index (χ1v) is 6.05. The number of carbonyl (C=O) groups excluding carboxylic acids is 1. The van der Waals surface area contributed by atoms with E-state index in [1.807, 2.05) is 24.3 Å². The maximum absolute atomic E-state index is 11.2. The van der Waals surface area contributed by atoms with Crippen LogP contribution in [0.15, 0.2) is 34.9 Å². The summed E-state index contributed by atoms with van der Waals surface area (Å²) in [5.41, 5.74) is 0.948. The van der Waals surface area contributed by atoms with Crippen LogP contribution in [-0.2, 0) is 4.79 Å². The lowest BCUT2D eigenvalue weighted by Gasteiger charge is -2.02. The summed E-state index contributed by atoms with van der Waals surface area (Å²) >= 11 is 3.33. The van der Waals surface area contributed by atoms with Crippen LogP contribution in [0.2, 0.25) is 0 Å². The fraction of sp³-hybridized carbons (Fsp3) is 0.167. The van der Waals surface area contributed by atoms with E-state index in [1.54, 1.807) is 6.08 Å². The number of hydrogen-bond donors (Lipinski definition) is 3. The number of urea groups is 1. The van der Waals surface area contributed by atoms with Crippen molar-refractivity contribution in [3.05, 3.63) is 40.5 Å². The molecule has 3 N–H and O–H groups in total. The Balaban J connectivity index is 2.29. The second kappa shape index (κ2) is 7.50.